The first-order chi connectivity index (χ1) is 8.06. The summed E-state index contributed by atoms with van der Waals surface area (Å²) >= 11 is 9.00. The van der Waals surface area contributed by atoms with Crippen LogP contribution in [0.4, 0.5) is 20.3 Å². The van der Waals surface area contributed by atoms with Crippen LogP contribution in [-0.4, -0.2) is 4.98 Å². The van der Waals surface area contributed by atoms with Crippen molar-refractivity contribution in [3.8, 4) is 0 Å². The lowest BCUT2D eigenvalue weighted by molar-refractivity contribution is 0.509. The zero-order valence-electron chi connectivity index (χ0n) is 8.35. The summed E-state index contributed by atoms with van der Waals surface area (Å²) in [7, 11) is 0. The van der Waals surface area contributed by atoms with Gasteiger partial charge in [-0.25, -0.2) is 13.8 Å². The molecule has 0 aliphatic rings. The fourth-order valence-corrected chi connectivity index (χ4v) is 1.95. The topological polar surface area (TPSA) is 24.9 Å². The second kappa shape index (κ2) is 4.98. The van der Waals surface area contributed by atoms with E-state index in [1.165, 1.54) is 12.3 Å². The van der Waals surface area contributed by atoms with E-state index in [0.717, 1.165) is 12.1 Å². The Morgan fingerprint density at radius 1 is 1.18 bits per heavy atom. The molecule has 1 aromatic heterocycles. The van der Waals surface area contributed by atoms with Gasteiger partial charge in [-0.2, -0.15) is 0 Å². The Morgan fingerprint density at radius 3 is 2.59 bits per heavy atom. The smallest absolute Gasteiger partial charge is 0.160 e. The average molecular weight is 320 g/mol. The number of benzene rings is 1. The summed E-state index contributed by atoms with van der Waals surface area (Å²) in [6, 6.07) is 5.16. The minimum absolute atomic E-state index is 0.402. The lowest BCUT2D eigenvalue weighted by Crippen LogP contribution is -1.96. The highest BCUT2D eigenvalue weighted by atomic mass is 79.9. The van der Waals surface area contributed by atoms with Crippen molar-refractivity contribution >= 4 is 39.0 Å². The molecule has 0 spiro atoms. The molecule has 0 unspecified atom stereocenters. The summed E-state index contributed by atoms with van der Waals surface area (Å²) in [5, 5.41) is 3.32. The molecule has 0 saturated carbocycles. The monoisotopic (exact) mass is 318 g/mol. The molecule has 0 atom stereocenters. The molecular formula is C11H6BrClF2N2. The third kappa shape index (κ3) is 2.92. The first kappa shape index (κ1) is 12.3. The first-order valence-electron chi connectivity index (χ1n) is 4.59. The van der Waals surface area contributed by atoms with Gasteiger partial charge in [0.1, 0.15) is 5.82 Å². The molecule has 88 valence electrons. The van der Waals surface area contributed by atoms with Crippen molar-refractivity contribution in [1.82, 2.24) is 4.98 Å². The molecule has 1 aromatic carbocycles. The summed E-state index contributed by atoms with van der Waals surface area (Å²) < 4.78 is 26.3. The highest BCUT2D eigenvalue weighted by molar-refractivity contribution is 9.10. The molecule has 0 aliphatic carbocycles. The molecule has 2 aromatic rings. The quantitative estimate of drug-likeness (QED) is 0.880. The van der Waals surface area contributed by atoms with E-state index in [2.05, 4.69) is 26.2 Å². The Bertz CT molecular complexity index is 563. The van der Waals surface area contributed by atoms with Gasteiger partial charge in [-0.05, 0) is 34.1 Å². The Hall–Kier alpha value is -1.20. The SMILES string of the molecule is Fc1ccc(Nc2ncc(Cl)cc2Br)cc1F. The molecule has 6 heteroatoms. The molecular weight excluding hydrogens is 313 g/mol. The van der Waals surface area contributed by atoms with E-state index in [4.69, 9.17) is 11.6 Å². The lowest BCUT2D eigenvalue weighted by Gasteiger charge is -2.07. The van der Waals surface area contributed by atoms with Crippen molar-refractivity contribution in [2.24, 2.45) is 0 Å². The maximum Gasteiger partial charge on any atom is 0.160 e. The van der Waals surface area contributed by atoms with Crippen LogP contribution >= 0.6 is 27.5 Å². The van der Waals surface area contributed by atoms with Crippen molar-refractivity contribution in [2.75, 3.05) is 5.32 Å². The summed E-state index contributed by atoms with van der Waals surface area (Å²) in [5.74, 6) is -1.33. The van der Waals surface area contributed by atoms with Crippen molar-refractivity contribution in [2.45, 2.75) is 0 Å². The van der Waals surface area contributed by atoms with Crippen LogP contribution in [0.15, 0.2) is 34.9 Å². The largest absolute Gasteiger partial charge is 0.339 e. The van der Waals surface area contributed by atoms with E-state index >= 15 is 0 Å². The molecule has 0 amide bonds. The maximum atomic E-state index is 13.0. The van der Waals surface area contributed by atoms with Crippen molar-refractivity contribution in [3.63, 3.8) is 0 Å². The fraction of sp³-hybridized carbons (Fsp3) is 0. The van der Waals surface area contributed by atoms with Crippen molar-refractivity contribution < 1.29 is 8.78 Å². The minimum Gasteiger partial charge on any atom is -0.339 e. The number of nitrogens with zero attached hydrogens (tertiary/aromatic N) is 1. The number of anilines is 2. The lowest BCUT2D eigenvalue weighted by atomic mass is 10.3. The van der Waals surface area contributed by atoms with E-state index < -0.39 is 11.6 Å². The zero-order chi connectivity index (χ0) is 12.4. The van der Waals surface area contributed by atoms with Gasteiger partial charge < -0.3 is 5.32 Å². The van der Waals surface area contributed by atoms with E-state index in [9.17, 15) is 8.78 Å². The van der Waals surface area contributed by atoms with Crippen LogP contribution in [-0.2, 0) is 0 Å². The summed E-state index contributed by atoms with van der Waals surface area (Å²) in [6.07, 6.45) is 1.45. The van der Waals surface area contributed by atoms with Gasteiger partial charge in [0, 0.05) is 18.0 Å². The van der Waals surface area contributed by atoms with Crippen LogP contribution in [0.3, 0.4) is 0 Å². The van der Waals surface area contributed by atoms with Gasteiger partial charge >= 0.3 is 0 Å². The molecule has 2 nitrogen and oxygen atoms in total. The average Bonchev–Trinajstić information content (AvgIpc) is 2.27. The number of pyridine rings is 1. The number of halogens is 4. The van der Waals surface area contributed by atoms with E-state index in [1.54, 1.807) is 6.07 Å². The predicted molar refractivity (Wildman–Crippen MR) is 66.6 cm³/mol. The Labute approximate surface area is 110 Å². The van der Waals surface area contributed by atoms with Crippen molar-refractivity contribution in [3.05, 3.63) is 51.6 Å². The van der Waals surface area contributed by atoms with Crippen LogP contribution in [0.2, 0.25) is 5.02 Å². The molecule has 0 saturated heterocycles. The van der Waals surface area contributed by atoms with Gasteiger partial charge in [-0.15, -0.1) is 0 Å². The number of aromatic nitrogens is 1. The van der Waals surface area contributed by atoms with Crippen LogP contribution < -0.4 is 5.32 Å². The highest BCUT2D eigenvalue weighted by Gasteiger charge is 2.06. The highest BCUT2D eigenvalue weighted by Crippen LogP contribution is 2.26. The summed E-state index contributed by atoms with van der Waals surface area (Å²) in [5.41, 5.74) is 0.402. The molecule has 17 heavy (non-hydrogen) atoms. The zero-order valence-corrected chi connectivity index (χ0v) is 10.7. The predicted octanol–water partition coefficient (Wildman–Crippen LogP) is 4.52. The molecule has 0 bridgehead atoms. The number of rotatable bonds is 2. The molecule has 2 rings (SSSR count). The maximum absolute atomic E-state index is 13.0. The number of hydrogen-bond donors (Lipinski definition) is 1. The van der Waals surface area contributed by atoms with E-state index in [0.29, 0.717) is 21.0 Å². The number of hydrogen-bond acceptors (Lipinski definition) is 2. The Balaban J connectivity index is 2.28. The van der Waals surface area contributed by atoms with Crippen LogP contribution in [0.5, 0.6) is 0 Å². The van der Waals surface area contributed by atoms with Crippen LogP contribution in [0.1, 0.15) is 0 Å². The number of nitrogens with one attached hydrogen (secondary N) is 1. The summed E-state index contributed by atoms with van der Waals surface area (Å²) in [4.78, 5) is 4.02. The van der Waals surface area contributed by atoms with Crippen LogP contribution in [0.25, 0.3) is 0 Å². The van der Waals surface area contributed by atoms with Gasteiger partial charge in [0.2, 0.25) is 0 Å². The third-order valence-corrected chi connectivity index (χ3v) is 2.80. The molecule has 1 heterocycles. The van der Waals surface area contributed by atoms with Crippen LogP contribution in [0, 0.1) is 11.6 Å². The molecule has 0 fully saturated rings. The van der Waals surface area contributed by atoms with Gasteiger partial charge in [0.05, 0.1) is 9.50 Å². The first-order valence-corrected chi connectivity index (χ1v) is 5.76. The Morgan fingerprint density at radius 2 is 1.94 bits per heavy atom. The van der Waals surface area contributed by atoms with E-state index in [-0.39, 0.29) is 0 Å². The van der Waals surface area contributed by atoms with Gasteiger partial charge in [-0.3, -0.25) is 0 Å². The second-order valence-corrected chi connectivity index (χ2v) is 4.53. The van der Waals surface area contributed by atoms with Gasteiger partial charge in [0.25, 0.3) is 0 Å². The summed E-state index contributed by atoms with van der Waals surface area (Å²) in [6.45, 7) is 0. The normalized spacial score (nSPS) is 10.4. The molecule has 1 N–H and O–H groups in total. The molecule has 0 radical (unpaired) electrons. The van der Waals surface area contributed by atoms with Gasteiger partial charge in [0.15, 0.2) is 11.6 Å². The standard InChI is InChI=1S/C11H6BrClF2N2/c12-8-3-6(13)5-16-11(8)17-7-1-2-9(14)10(15)4-7/h1-5H,(H,16,17). The molecule has 0 aliphatic heterocycles. The fourth-order valence-electron chi connectivity index (χ4n) is 1.22. The second-order valence-electron chi connectivity index (χ2n) is 3.24. The Kier molecular flexibility index (Phi) is 3.59. The van der Waals surface area contributed by atoms with Crippen molar-refractivity contribution in [1.29, 1.82) is 0 Å². The minimum atomic E-state index is -0.917. The van der Waals surface area contributed by atoms with Gasteiger partial charge in [-0.1, -0.05) is 11.6 Å². The van der Waals surface area contributed by atoms with E-state index in [1.807, 2.05) is 0 Å². The third-order valence-electron chi connectivity index (χ3n) is 1.99.